The van der Waals surface area contributed by atoms with Gasteiger partial charge < -0.3 is 15.0 Å². The molecule has 0 saturated heterocycles. The zero-order valence-corrected chi connectivity index (χ0v) is 16.3. The van der Waals surface area contributed by atoms with Gasteiger partial charge in [-0.1, -0.05) is 19.9 Å². The minimum atomic E-state index is -0.204. The number of thioether (sulfide) groups is 1. The Morgan fingerprint density at radius 2 is 1.81 bits per heavy atom. The molecule has 5 nitrogen and oxygen atoms in total. The summed E-state index contributed by atoms with van der Waals surface area (Å²) < 4.78 is 5.66. The van der Waals surface area contributed by atoms with E-state index in [0.29, 0.717) is 29.5 Å². The molecule has 0 heterocycles. The molecule has 2 amide bonds. The van der Waals surface area contributed by atoms with E-state index in [-0.39, 0.29) is 11.1 Å². The molecule has 6 heteroatoms. The third-order valence-electron chi connectivity index (χ3n) is 3.36. The van der Waals surface area contributed by atoms with Gasteiger partial charge in [-0.3, -0.25) is 9.59 Å². The number of rotatable bonds is 6. The minimum absolute atomic E-state index is 0.0417. The second kappa shape index (κ2) is 9.29. The zero-order valence-electron chi connectivity index (χ0n) is 15.5. The second-order valence-corrected chi connectivity index (χ2v) is 7.50. The number of hydrogen-bond donors (Lipinski definition) is 1. The maximum absolute atomic E-state index is 12.4. The first-order valence-electron chi connectivity index (χ1n) is 8.38. The largest absolute Gasteiger partial charge is 0.493 e. The smallest absolute Gasteiger partial charge is 0.285 e. The van der Waals surface area contributed by atoms with E-state index in [2.05, 4.69) is 19.2 Å². The number of anilines is 1. The van der Waals surface area contributed by atoms with E-state index in [1.807, 2.05) is 18.2 Å². The summed E-state index contributed by atoms with van der Waals surface area (Å²) >= 11 is 1.14. The van der Waals surface area contributed by atoms with Crippen LogP contribution in [-0.4, -0.2) is 36.7 Å². The van der Waals surface area contributed by atoms with Crippen molar-refractivity contribution in [2.24, 2.45) is 5.92 Å². The molecule has 1 N–H and O–H groups in total. The van der Waals surface area contributed by atoms with Gasteiger partial charge in [0.25, 0.3) is 11.1 Å². The van der Waals surface area contributed by atoms with Gasteiger partial charge in [0.05, 0.1) is 6.61 Å². The van der Waals surface area contributed by atoms with Gasteiger partial charge in [-0.25, -0.2) is 0 Å². The average molecular weight is 372 g/mol. The van der Waals surface area contributed by atoms with Crippen molar-refractivity contribution in [1.29, 1.82) is 0 Å². The molecule has 0 aliphatic rings. The first-order valence-corrected chi connectivity index (χ1v) is 9.20. The van der Waals surface area contributed by atoms with Gasteiger partial charge in [-0.15, -0.1) is 0 Å². The van der Waals surface area contributed by atoms with Gasteiger partial charge in [0.2, 0.25) is 0 Å². The van der Waals surface area contributed by atoms with Crippen LogP contribution in [-0.2, 0) is 0 Å². The van der Waals surface area contributed by atoms with Gasteiger partial charge in [-0.2, -0.15) is 0 Å². The maximum atomic E-state index is 12.4. The van der Waals surface area contributed by atoms with Gasteiger partial charge in [0, 0.05) is 30.2 Å². The van der Waals surface area contributed by atoms with Crippen molar-refractivity contribution in [1.82, 2.24) is 4.90 Å². The Labute approximate surface area is 158 Å². The monoisotopic (exact) mass is 372 g/mol. The number of nitrogens with zero attached hydrogens (tertiary/aromatic N) is 1. The molecule has 0 aliphatic carbocycles. The summed E-state index contributed by atoms with van der Waals surface area (Å²) in [6, 6.07) is 14.3. The van der Waals surface area contributed by atoms with Gasteiger partial charge in [-0.05, 0) is 60.1 Å². The van der Waals surface area contributed by atoms with Crippen molar-refractivity contribution in [3.05, 3.63) is 54.1 Å². The lowest BCUT2D eigenvalue weighted by molar-refractivity contribution is 0.102. The SMILES string of the molecule is CC(C)COc1cccc(C(=O)Nc2ccc(SC(=O)N(C)C)cc2)c1. The topological polar surface area (TPSA) is 58.6 Å². The standard InChI is InChI=1S/C20H24N2O3S/c1-14(2)13-25-17-7-5-6-15(12-17)19(23)21-16-8-10-18(11-9-16)26-20(24)22(3)4/h5-12,14H,13H2,1-4H3,(H,21,23). The van der Waals surface area contributed by atoms with Crippen LogP contribution in [0, 0.1) is 5.92 Å². The molecule has 0 radical (unpaired) electrons. The second-order valence-electron chi connectivity index (χ2n) is 6.47. The van der Waals surface area contributed by atoms with Crippen LogP contribution in [0.25, 0.3) is 0 Å². The summed E-state index contributed by atoms with van der Waals surface area (Å²) in [5.41, 5.74) is 1.21. The molecule has 26 heavy (non-hydrogen) atoms. The van der Waals surface area contributed by atoms with E-state index in [1.165, 1.54) is 4.90 Å². The highest BCUT2D eigenvalue weighted by molar-refractivity contribution is 8.13. The van der Waals surface area contributed by atoms with Crippen LogP contribution in [0.3, 0.4) is 0 Å². The quantitative estimate of drug-likeness (QED) is 0.744. The predicted molar refractivity (Wildman–Crippen MR) is 106 cm³/mol. The number of amides is 2. The van der Waals surface area contributed by atoms with E-state index in [1.54, 1.807) is 44.4 Å². The zero-order chi connectivity index (χ0) is 19.1. The molecule has 0 atom stereocenters. The number of ether oxygens (including phenoxy) is 1. The molecule has 2 aromatic carbocycles. The van der Waals surface area contributed by atoms with Crippen LogP contribution < -0.4 is 10.1 Å². The first kappa shape index (κ1) is 19.8. The Balaban J connectivity index is 1.99. The van der Waals surface area contributed by atoms with Crippen LogP contribution in [0.15, 0.2) is 53.4 Å². The van der Waals surface area contributed by atoms with Gasteiger partial charge in [0.1, 0.15) is 5.75 Å². The Hall–Kier alpha value is -2.47. The Morgan fingerprint density at radius 3 is 2.42 bits per heavy atom. The van der Waals surface area contributed by atoms with Crippen LogP contribution in [0.5, 0.6) is 5.75 Å². The predicted octanol–water partition coefficient (Wildman–Crippen LogP) is 4.75. The molecule has 2 aromatic rings. The first-order chi connectivity index (χ1) is 12.3. The molecule has 0 saturated carbocycles. The Bertz CT molecular complexity index is 758. The van der Waals surface area contributed by atoms with Gasteiger partial charge in [0.15, 0.2) is 0 Å². The molecule has 0 unspecified atom stereocenters. The van der Waals surface area contributed by atoms with E-state index in [4.69, 9.17) is 4.74 Å². The number of carbonyl (C=O) groups excluding carboxylic acids is 2. The fourth-order valence-electron chi connectivity index (χ4n) is 1.99. The van der Waals surface area contributed by atoms with Crippen LogP contribution >= 0.6 is 11.8 Å². The highest BCUT2D eigenvalue weighted by atomic mass is 32.2. The van der Waals surface area contributed by atoms with Crippen LogP contribution in [0.2, 0.25) is 0 Å². The fraction of sp³-hybridized carbons (Fsp3) is 0.300. The molecule has 0 bridgehead atoms. The summed E-state index contributed by atoms with van der Waals surface area (Å²) in [4.78, 5) is 26.5. The Kier molecular flexibility index (Phi) is 7.09. The molecule has 0 fully saturated rings. The van der Waals surface area contributed by atoms with Crippen LogP contribution in [0.1, 0.15) is 24.2 Å². The van der Waals surface area contributed by atoms with Gasteiger partial charge >= 0.3 is 0 Å². The molecular formula is C20H24N2O3S. The molecule has 0 spiro atoms. The molecule has 0 aromatic heterocycles. The summed E-state index contributed by atoms with van der Waals surface area (Å²) in [7, 11) is 3.42. The lowest BCUT2D eigenvalue weighted by atomic mass is 10.2. The van der Waals surface area contributed by atoms with Crippen LogP contribution in [0.4, 0.5) is 10.5 Å². The number of nitrogens with one attached hydrogen (secondary N) is 1. The number of benzene rings is 2. The molecule has 138 valence electrons. The highest BCUT2D eigenvalue weighted by Gasteiger charge is 2.09. The van der Waals surface area contributed by atoms with Crippen molar-refractivity contribution in [2.75, 3.05) is 26.0 Å². The normalized spacial score (nSPS) is 10.5. The summed E-state index contributed by atoms with van der Waals surface area (Å²) in [6.07, 6.45) is 0. The van der Waals surface area contributed by atoms with Crippen molar-refractivity contribution >= 4 is 28.6 Å². The summed E-state index contributed by atoms with van der Waals surface area (Å²) in [6.45, 7) is 4.76. The fourth-order valence-corrected chi connectivity index (χ4v) is 2.65. The highest BCUT2D eigenvalue weighted by Crippen LogP contribution is 2.23. The van der Waals surface area contributed by atoms with E-state index in [9.17, 15) is 9.59 Å². The third kappa shape index (κ3) is 6.11. The van der Waals surface area contributed by atoms with Crippen molar-refractivity contribution in [2.45, 2.75) is 18.7 Å². The minimum Gasteiger partial charge on any atom is -0.493 e. The summed E-state index contributed by atoms with van der Waals surface area (Å²) in [5, 5.41) is 2.81. The van der Waals surface area contributed by atoms with E-state index >= 15 is 0 Å². The van der Waals surface area contributed by atoms with Crippen molar-refractivity contribution < 1.29 is 14.3 Å². The summed E-state index contributed by atoms with van der Waals surface area (Å²) in [5.74, 6) is 0.897. The van der Waals surface area contributed by atoms with Crippen molar-refractivity contribution in [3.8, 4) is 5.75 Å². The lowest BCUT2D eigenvalue weighted by Gasteiger charge is -2.11. The molecule has 2 rings (SSSR count). The molecule has 0 aliphatic heterocycles. The number of carbonyl (C=O) groups is 2. The van der Waals surface area contributed by atoms with E-state index < -0.39 is 0 Å². The number of hydrogen-bond acceptors (Lipinski definition) is 4. The Morgan fingerprint density at radius 1 is 1.12 bits per heavy atom. The average Bonchev–Trinajstić information content (AvgIpc) is 2.61. The maximum Gasteiger partial charge on any atom is 0.285 e. The lowest BCUT2D eigenvalue weighted by Crippen LogP contribution is -2.16. The third-order valence-corrected chi connectivity index (χ3v) is 4.41. The van der Waals surface area contributed by atoms with Crippen molar-refractivity contribution in [3.63, 3.8) is 0 Å². The van der Waals surface area contributed by atoms with E-state index in [0.717, 1.165) is 16.7 Å². The molecular weight excluding hydrogens is 348 g/mol.